The molecular formula is C23H21Cl3LiN5O4S. The first-order chi connectivity index (χ1) is 17.1. The minimum atomic E-state index is -1.13. The predicted molar refractivity (Wildman–Crippen MR) is 146 cm³/mol. The summed E-state index contributed by atoms with van der Waals surface area (Å²) in [6, 6.07) is 6.69. The van der Waals surface area contributed by atoms with E-state index in [1.807, 2.05) is 4.90 Å². The van der Waals surface area contributed by atoms with Crippen LogP contribution in [0.15, 0.2) is 24.3 Å². The van der Waals surface area contributed by atoms with Crippen LogP contribution in [-0.4, -0.2) is 70.9 Å². The zero-order chi connectivity index (χ0) is 25.7. The first kappa shape index (κ1) is 27.8. The number of carbonyl (C=O) groups excluding carboxylic acids is 2. The molecule has 1 saturated carbocycles. The van der Waals surface area contributed by atoms with Gasteiger partial charge in [-0.2, -0.15) is 0 Å². The summed E-state index contributed by atoms with van der Waals surface area (Å²) in [4.78, 5) is 46.3. The van der Waals surface area contributed by atoms with Gasteiger partial charge in [0.15, 0.2) is 5.13 Å². The topological polar surface area (TPSA) is 127 Å². The Morgan fingerprint density at radius 2 is 1.89 bits per heavy atom. The Kier molecular flexibility index (Phi) is 8.19. The summed E-state index contributed by atoms with van der Waals surface area (Å²) in [6.07, 6.45) is -0.178. The molecule has 9 nitrogen and oxygen atoms in total. The second-order valence-electron chi connectivity index (χ2n) is 8.80. The molecule has 0 spiro atoms. The number of aromatic nitrogens is 2. The Morgan fingerprint density at radius 1 is 1.19 bits per heavy atom. The van der Waals surface area contributed by atoms with Gasteiger partial charge in [0, 0.05) is 47.4 Å². The van der Waals surface area contributed by atoms with E-state index in [0.29, 0.717) is 39.6 Å². The Morgan fingerprint density at radius 3 is 2.49 bits per heavy atom. The normalized spacial score (nSPS) is 19.7. The number of nitrogens with one attached hydrogen (secondary N) is 3. The molecule has 3 aromatic rings. The van der Waals surface area contributed by atoms with Gasteiger partial charge >= 0.3 is 24.8 Å². The third-order valence-corrected chi connectivity index (χ3v) is 8.69. The van der Waals surface area contributed by atoms with Crippen molar-refractivity contribution in [3.63, 3.8) is 0 Å². The van der Waals surface area contributed by atoms with Crippen LogP contribution in [0.1, 0.15) is 31.5 Å². The molecule has 0 radical (unpaired) electrons. The standard InChI is InChI=1S/C23H20Cl3N5O4S.Li.H/c1-9-16(25)17(26)19(27-9)21(33)30-18-12-7-31(8-13(12)18)23-29-14(20(36-23)22(34)35)6-15(32)28-11-4-2-3-10(24)5-11;;/h2-5,12-13,18,27H,6-8H2,1H3,(H,28,32)(H,30,33)(H,34,35);;/t12-,13+,18?;;. The van der Waals surface area contributed by atoms with Crippen LogP contribution in [0.3, 0.4) is 0 Å². The number of carboxylic acid groups (broad SMARTS) is 1. The van der Waals surface area contributed by atoms with Crippen LogP contribution < -0.4 is 15.5 Å². The first-order valence-electron chi connectivity index (χ1n) is 11.0. The van der Waals surface area contributed by atoms with Gasteiger partial charge in [-0.25, -0.2) is 9.78 Å². The van der Waals surface area contributed by atoms with Crippen LogP contribution in [0, 0.1) is 18.8 Å². The van der Waals surface area contributed by atoms with Gasteiger partial charge in [-0.05, 0) is 25.1 Å². The number of carbonyl (C=O) groups is 3. The summed E-state index contributed by atoms with van der Waals surface area (Å²) < 4.78 is 0. The van der Waals surface area contributed by atoms with Gasteiger partial charge in [0.2, 0.25) is 5.91 Å². The van der Waals surface area contributed by atoms with Gasteiger partial charge < -0.3 is 25.6 Å². The molecule has 1 saturated heterocycles. The Bertz CT molecular complexity index is 1380. The number of hydrogen-bond acceptors (Lipinski definition) is 6. The molecule has 1 unspecified atom stereocenters. The number of aromatic carboxylic acids is 1. The first-order valence-corrected chi connectivity index (χ1v) is 12.9. The van der Waals surface area contributed by atoms with Crippen molar-refractivity contribution in [2.24, 2.45) is 11.8 Å². The number of nitrogens with zero attached hydrogens (tertiary/aromatic N) is 2. The third kappa shape index (κ3) is 5.65. The number of amides is 2. The van der Waals surface area contributed by atoms with Crippen LogP contribution in [0.25, 0.3) is 0 Å². The van der Waals surface area contributed by atoms with E-state index in [0.717, 1.165) is 11.3 Å². The molecular weight excluding hydrogens is 556 g/mol. The average molecular weight is 577 g/mol. The summed E-state index contributed by atoms with van der Waals surface area (Å²) in [6.45, 7) is 2.98. The molecule has 2 amide bonds. The summed E-state index contributed by atoms with van der Waals surface area (Å²) in [5, 5.41) is 16.9. The number of rotatable bonds is 7. The van der Waals surface area contributed by atoms with Crippen molar-refractivity contribution in [2.45, 2.75) is 19.4 Å². The van der Waals surface area contributed by atoms with Crippen molar-refractivity contribution in [1.29, 1.82) is 0 Å². The summed E-state index contributed by atoms with van der Waals surface area (Å²) in [7, 11) is 0. The monoisotopic (exact) mass is 575 g/mol. The second kappa shape index (κ2) is 10.9. The van der Waals surface area contributed by atoms with Crippen LogP contribution in [0.4, 0.5) is 10.8 Å². The van der Waals surface area contributed by atoms with E-state index in [9.17, 15) is 19.5 Å². The molecule has 1 aliphatic carbocycles. The summed E-state index contributed by atoms with van der Waals surface area (Å²) >= 11 is 19.2. The predicted octanol–water partition coefficient (Wildman–Crippen LogP) is 3.84. The van der Waals surface area contributed by atoms with Crippen molar-refractivity contribution in [2.75, 3.05) is 23.3 Å². The van der Waals surface area contributed by atoms with Gasteiger partial charge in [-0.3, -0.25) is 9.59 Å². The van der Waals surface area contributed by atoms with Crippen LogP contribution in [0.2, 0.25) is 15.1 Å². The second-order valence-corrected chi connectivity index (χ2v) is 11.0. The van der Waals surface area contributed by atoms with Crippen molar-refractivity contribution in [3.8, 4) is 0 Å². The van der Waals surface area contributed by atoms with E-state index in [2.05, 4.69) is 20.6 Å². The molecule has 5 rings (SSSR count). The number of halogens is 3. The van der Waals surface area contributed by atoms with E-state index in [1.165, 1.54) is 0 Å². The molecule has 2 aromatic heterocycles. The van der Waals surface area contributed by atoms with Gasteiger partial charge in [-0.1, -0.05) is 52.2 Å². The Hall–Kier alpha value is -2.19. The number of hydrogen-bond donors (Lipinski definition) is 4. The molecule has 0 bridgehead atoms. The van der Waals surface area contributed by atoms with E-state index in [-0.39, 0.29) is 76.3 Å². The number of fused-ring (bicyclic) bond motifs is 1. The zero-order valence-corrected chi connectivity index (χ0v) is 21.9. The minimum absolute atomic E-state index is 0. The Balaban J connectivity index is 0.00000320. The van der Waals surface area contributed by atoms with Crippen molar-refractivity contribution in [1.82, 2.24) is 15.3 Å². The molecule has 14 heteroatoms. The van der Waals surface area contributed by atoms with Crippen molar-refractivity contribution >= 4 is 93.6 Å². The molecule has 2 aliphatic rings. The molecule has 3 atom stereocenters. The Labute approximate surface area is 243 Å². The third-order valence-electron chi connectivity index (χ3n) is 6.36. The number of H-pyrrole nitrogens is 1. The van der Waals surface area contributed by atoms with Crippen LogP contribution in [0.5, 0.6) is 0 Å². The molecule has 3 heterocycles. The molecule has 190 valence electrons. The number of aryl methyl sites for hydroxylation is 1. The van der Waals surface area contributed by atoms with E-state index in [4.69, 9.17) is 34.8 Å². The number of benzene rings is 1. The maximum atomic E-state index is 12.6. The summed E-state index contributed by atoms with van der Waals surface area (Å²) in [5.74, 6) is -1.40. The van der Waals surface area contributed by atoms with Gasteiger partial charge in [0.25, 0.3) is 5.91 Å². The van der Waals surface area contributed by atoms with Crippen molar-refractivity contribution in [3.05, 3.63) is 61.3 Å². The van der Waals surface area contributed by atoms with E-state index in [1.54, 1.807) is 31.2 Å². The number of piperidine rings is 1. The number of anilines is 2. The number of aromatic amines is 1. The molecule has 1 aliphatic heterocycles. The van der Waals surface area contributed by atoms with Gasteiger partial charge in [-0.15, -0.1) is 0 Å². The molecule has 2 fully saturated rings. The molecule has 4 N–H and O–H groups in total. The van der Waals surface area contributed by atoms with Crippen molar-refractivity contribution < 1.29 is 19.5 Å². The number of carboxylic acids is 1. The molecule has 1 aromatic carbocycles. The van der Waals surface area contributed by atoms with E-state index < -0.39 is 5.97 Å². The van der Waals surface area contributed by atoms with Gasteiger partial charge in [0.1, 0.15) is 10.6 Å². The number of thiazole rings is 1. The molecule has 37 heavy (non-hydrogen) atoms. The fraction of sp³-hybridized carbons (Fsp3) is 0.304. The average Bonchev–Trinajstić information content (AvgIpc) is 3.18. The fourth-order valence-electron chi connectivity index (χ4n) is 4.53. The van der Waals surface area contributed by atoms with Crippen LogP contribution in [-0.2, 0) is 11.2 Å². The SMILES string of the molecule is Cc1[nH]c(C(=O)NC2[C@H]3CN(c4nc(CC(=O)Nc5cccc(Cl)c5)c(C(=O)O)s4)C[C@@H]23)c(Cl)c1Cl.[LiH]. The van der Waals surface area contributed by atoms with Crippen LogP contribution >= 0.6 is 46.1 Å². The van der Waals surface area contributed by atoms with E-state index >= 15 is 0 Å². The fourth-order valence-corrected chi connectivity index (χ4v) is 6.08. The zero-order valence-electron chi connectivity index (χ0n) is 18.8. The van der Waals surface area contributed by atoms with Gasteiger partial charge in [0.05, 0.1) is 22.2 Å². The quantitative estimate of drug-likeness (QED) is 0.317. The maximum absolute atomic E-state index is 12.6. The summed E-state index contributed by atoms with van der Waals surface area (Å²) in [5.41, 5.74) is 1.60.